The van der Waals surface area contributed by atoms with E-state index < -0.39 is 6.10 Å². The van der Waals surface area contributed by atoms with Crippen LogP contribution in [0.25, 0.3) is 0 Å². The first-order valence-corrected chi connectivity index (χ1v) is 6.76. The highest BCUT2D eigenvalue weighted by atomic mass is 79.9. The molecule has 0 spiro atoms. The smallest absolute Gasteiger partial charge is 0.114 e. The Bertz CT molecular complexity index is 509. The van der Waals surface area contributed by atoms with Gasteiger partial charge in [-0.15, -0.1) is 11.3 Å². The minimum absolute atomic E-state index is 0.602. The number of hydrogen-bond donors (Lipinski definition) is 1. The normalized spacial score (nSPS) is 12.8. The molecule has 1 N–H and O–H groups in total. The van der Waals surface area contributed by atoms with Gasteiger partial charge >= 0.3 is 0 Å². The van der Waals surface area contributed by atoms with Crippen molar-refractivity contribution in [2.24, 2.45) is 0 Å². The molecule has 1 atom stereocenters. The van der Waals surface area contributed by atoms with Crippen LogP contribution in [0.4, 0.5) is 0 Å². The maximum atomic E-state index is 10.2. The van der Waals surface area contributed by atoms with E-state index in [1.165, 1.54) is 11.3 Å². The first-order valence-electron chi connectivity index (χ1n) is 4.77. The zero-order valence-electron chi connectivity index (χ0n) is 8.58. The Hall–Kier alpha value is -0.350. The summed E-state index contributed by atoms with van der Waals surface area (Å²) < 4.78 is 1.02. The van der Waals surface area contributed by atoms with E-state index in [4.69, 9.17) is 11.6 Å². The summed E-state index contributed by atoms with van der Waals surface area (Å²) >= 11 is 10.9. The standard InChI is InChI=1S/C12H10BrClOS/c1-7-2-3-8(14)6-9(7)12(15)10-4-5-11(13)16-10/h2-6,12,15H,1H3. The number of halogens is 2. The molecule has 0 aliphatic carbocycles. The van der Waals surface area contributed by atoms with Crippen LogP contribution in [-0.4, -0.2) is 5.11 Å². The van der Waals surface area contributed by atoms with Crippen LogP contribution in [0.5, 0.6) is 0 Å². The zero-order chi connectivity index (χ0) is 11.7. The van der Waals surface area contributed by atoms with Crippen molar-refractivity contribution in [1.82, 2.24) is 0 Å². The van der Waals surface area contributed by atoms with Crippen molar-refractivity contribution >= 4 is 38.9 Å². The highest BCUT2D eigenvalue weighted by molar-refractivity contribution is 9.11. The van der Waals surface area contributed by atoms with Crippen LogP contribution >= 0.6 is 38.9 Å². The fourth-order valence-corrected chi connectivity index (χ4v) is 3.14. The summed E-state index contributed by atoms with van der Waals surface area (Å²) in [5.41, 5.74) is 1.91. The SMILES string of the molecule is Cc1ccc(Cl)cc1C(O)c1ccc(Br)s1. The maximum Gasteiger partial charge on any atom is 0.114 e. The van der Waals surface area contributed by atoms with Gasteiger partial charge < -0.3 is 5.11 Å². The van der Waals surface area contributed by atoms with Gasteiger partial charge in [0.25, 0.3) is 0 Å². The largest absolute Gasteiger partial charge is 0.383 e. The quantitative estimate of drug-likeness (QED) is 0.861. The fourth-order valence-electron chi connectivity index (χ4n) is 1.53. The van der Waals surface area contributed by atoms with Crippen LogP contribution in [0.3, 0.4) is 0 Å². The van der Waals surface area contributed by atoms with Crippen molar-refractivity contribution in [2.45, 2.75) is 13.0 Å². The van der Waals surface area contributed by atoms with Crippen molar-refractivity contribution < 1.29 is 5.11 Å². The second kappa shape index (κ2) is 4.88. The average Bonchev–Trinajstić information content (AvgIpc) is 2.67. The van der Waals surface area contributed by atoms with E-state index in [2.05, 4.69) is 15.9 Å². The molecule has 0 fully saturated rings. The molecule has 0 amide bonds. The van der Waals surface area contributed by atoms with E-state index in [1.807, 2.05) is 37.3 Å². The lowest BCUT2D eigenvalue weighted by Gasteiger charge is -2.12. The van der Waals surface area contributed by atoms with E-state index in [0.717, 1.165) is 19.8 Å². The van der Waals surface area contributed by atoms with Gasteiger partial charge in [0, 0.05) is 9.90 Å². The first kappa shape index (κ1) is 12.1. The molecule has 0 bridgehead atoms. The summed E-state index contributed by atoms with van der Waals surface area (Å²) in [4.78, 5) is 0.914. The number of benzene rings is 1. The van der Waals surface area contributed by atoms with Gasteiger partial charge in [-0.2, -0.15) is 0 Å². The predicted molar refractivity (Wildman–Crippen MR) is 72.3 cm³/mol. The number of aryl methyl sites for hydroxylation is 1. The van der Waals surface area contributed by atoms with Crippen molar-refractivity contribution in [3.63, 3.8) is 0 Å². The molecule has 0 aliphatic rings. The summed E-state index contributed by atoms with van der Waals surface area (Å²) in [5.74, 6) is 0. The van der Waals surface area contributed by atoms with Gasteiger partial charge in [-0.25, -0.2) is 0 Å². The topological polar surface area (TPSA) is 20.2 Å². The van der Waals surface area contributed by atoms with Gasteiger partial charge in [0.2, 0.25) is 0 Å². The second-order valence-corrected chi connectivity index (χ2v) is 6.48. The molecule has 0 saturated heterocycles. The summed E-state index contributed by atoms with van der Waals surface area (Å²) in [7, 11) is 0. The van der Waals surface area contributed by atoms with Crippen LogP contribution in [-0.2, 0) is 0 Å². The van der Waals surface area contributed by atoms with Gasteiger partial charge in [0.1, 0.15) is 6.10 Å². The monoisotopic (exact) mass is 316 g/mol. The lowest BCUT2D eigenvalue weighted by Crippen LogP contribution is -1.99. The molecule has 4 heteroatoms. The molecule has 1 heterocycles. The molecule has 1 aromatic heterocycles. The van der Waals surface area contributed by atoms with Crippen molar-refractivity contribution in [2.75, 3.05) is 0 Å². The Kier molecular flexibility index (Phi) is 3.70. The fraction of sp³-hybridized carbons (Fsp3) is 0.167. The summed E-state index contributed by atoms with van der Waals surface area (Å²) in [5, 5.41) is 10.9. The molecular formula is C12H10BrClOS. The molecule has 1 unspecified atom stereocenters. The Morgan fingerprint density at radius 3 is 2.69 bits per heavy atom. The van der Waals surface area contributed by atoms with Crippen molar-refractivity contribution in [3.8, 4) is 0 Å². The Labute approximate surface area is 112 Å². The molecular weight excluding hydrogens is 308 g/mol. The maximum absolute atomic E-state index is 10.2. The Morgan fingerprint density at radius 1 is 1.31 bits per heavy atom. The van der Waals surface area contributed by atoms with Crippen LogP contribution in [0.2, 0.25) is 5.02 Å². The Balaban J connectivity index is 2.40. The molecule has 2 rings (SSSR count). The molecule has 0 aliphatic heterocycles. The third-order valence-corrected chi connectivity index (χ3v) is 4.31. The number of rotatable bonds is 2. The van der Waals surface area contributed by atoms with Crippen LogP contribution in [0, 0.1) is 6.92 Å². The van der Waals surface area contributed by atoms with Gasteiger partial charge in [-0.05, 0) is 58.2 Å². The summed E-state index contributed by atoms with van der Waals surface area (Å²) in [6, 6.07) is 9.42. The van der Waals surface area contributed by atoms with Crippen molar-refractivity contribution in [3.05, 3.63) is 55.1 Å². The highest BCUT2D eigenvalue weighted by Gasteiger charge is 2.15. The second-order valence-electron chi connectivity index (χ2n) is 3.55. The molecule has 0 radical (unpaired) electrons. The van der Waals surface area contributed by atoms with Gasteiger partial charge in [-0.1, -0.05) is 17.7 Å². The number of aliphatic hydroxyl groups is 1. The van der Waals surface area contributed by atoms with E-state index in [9.17, 15) is 5.11 Å². The predicted octanol–water partition coefficient (Wildman–Crippen LogP) is 4.55. The number of aliphatic hydroxyl groups excluding tert-OH is 1. The highest BCUT2D eigenvalue weighted by Crippen LogP contribution is 2.33. The van der Waals surface area contributed by atoms with Gasteiger partial charge in [-0.3, -0.25) is 0 Å². The molecule has 1 aromatic carbocycles. The minimum atomic E-state index is -0.602. The third kappa shape index (κ3) is 2.48. The summed E-state index contributed by atoms with van der Waals surface area (Å²) in [6.07, 6.45) is -0.602. The lowest BCUT2D eigenvalue weighted by atomic mass is 10.0. The zero-order valence-corrected chi connectivity index (χ0v) is 11.7. The minimum Gasteiger partial charge on any atom is -0.383 e. The van der Waals surface area contributed by atoms with E-state index in [-0.39, 0.29) is 0 Å². The molecule has 16 heavy (non-hydrogen) atoms. The van der Waals surface area contributed by atoms with Crippen LogP contribution in [0.1, 0.15) is 22.1 Å². The molecule has 2 aromatic rings. The van der Waals surface area contributed by atoms with E-state index in [0.29, 0.717) is 5.02 Å². The summed E-state index contributed by atoms with van der Waals surface area (Å²) in [6.45, 7) is 1.97. The molecule has 84 valence electrons. The van der Waals surface area contributed by atoms with Crippen LogP contribution < -0.4 is 0 Å². The lowest BCUT2D eigenvalue weighted by molar-refractivity contribution is 0.223. The van der Waals surface area contributed by atoms with Gasteiger partial charge in [0.05, 0.1) is 3.79 Å². The van der Waals surface area contributed by atoms with Crippen LogP contribution in [0.15, 0.2) is 34.1 Å². The van der Waals surface area contributed by atoms with Gasteiger partial charge in [0.15, 0.2) is 0 Å². The number of thiophene rings is 1. The third-order valence-electron chi connectivity index (χ3n) is 2.40. The molecule has 1 nitrogen and oxygen atoms in total. The Morgan fingerprint density at radius 2 is 2.06 bits per heavy atom. The first-order chi connectivity index (χ1) is 7.58. The number of hydrogen-bond acceptors (Lipinski definition) is 2. The van der Waals surface area contributed by atoms with Crippen molar-refractivity contribution in [1.29, 1.82) is 0 Å². The molecule has 0 saturated carbocycles. The average molecular weight is 318 g/mol. The van der Waals surface area contributed by atoms with E-state index >= 15 is 0 Å². The van der Waals surface area contributed by atoms with E-state index in [1.54, 1.807) is 0 Å².